The van der Waals surface area contributed by atoms with Crippen LogP contribution < -0.4 is 5.73 Å². The molecule has 0 bridgehead atoms. The number of hydrogen-bond donors (Lipinski definition) is 1. The minimum Gasteiger partial charge on any atom is -0.327 e. The van der Waals surface area contributed by atoms with Gasteiger partial charge < -0.3 is 5.73 Å². The fraction of sp³-hybridized carbons (Fsp3) is 1.00. The molecule has 0 rings (SSSR count). The van der Waals surface area contributed by atoms with Crippen LogP contribution in [0.4, 0.5) is 0 Å². The first-order chi connectivity index (χ1) is 4.31. The van der Waals surface area contributed by atoms with Crippen LogP contribution in [0.15, 0.2) is 0 Å². The maximum atomic E-state index is 5.69. The predicted octanol–water partition coefficient (Wildman–Crippen LogP) is 1.87. The third-order valence-electron chi connectivity index (χ3n) is 1.20. The average Bonchev–Trinajstić information content (AvgIpc) is 1.89. The fourth-order valence-corrected chi connectivity index (χ4v) is 1.49. The predicted molar refractivity (Wildman–Crippen MR) is 45.9 cm³/mol. The molecule has 0 aromatic carbocycles. The molecule has 0 radical (unpaired) electrons. The van der Waals surface area contributed by atoms with Crippen LogP contribution in [0.1, 0.15) is 26.7 Å². The SMILES string of the molecule is CCCSC[C@H](N)CC. The molecule has 0 saturated carbocycles. The van der Waals surface area contributed by atoms with E-state index in [0.29, 0.717) is 6.04 Å². The number of hydrogen-bond acceptors (Lipinski definition) is 2. The summed E-state index contributed by atoms with van der Waals surface area (Å²) in [7, 11) is 0. The lowest BCUT2D eigenvalue weighted by Gasteiger charge is -2.05. The fourth-order valence-electron chi connectivity index (χ4n) is 0.497. The standard InChI is InChI=1S/C7H17NS/c1-3-5-9-6-7(8)4-2/h7H,3-6,8H2,1-2H3/t7-/m1/s1. The molecule has 0 aliphatic rings. The van der Waals surface area contributed by atoms with E-state index in [4.69, 9.17) is 5.73 Å². The molecule has 1 nitrogen and oxygen atoms in total. The van der Waals surface area contributed by atoms with Crippen LogP contribution in [-0.4, -0.2) is 17.5 Å². The Morgan fingerprint density at radius 3 is 2.56 bits per heavy atom. The molecule has 2 N–H and O–H groups in total. The van der Waals surface area contributed by atoms with Crippen molar-refractivity contribution < 1.29 is 0 Å². The summed E-state index contributed by atoms with van der Waals surface area (Å²) >= 11 is 1.96. The van der Waals surface area contributed by atoms with Crippen molar-refractivity contribution >= 4 is 11.8 Å². The molecule has 0 aromatic heterocycles. The van der Waals surface area contributed by atoms with Gasteiger partial charge >= 0.3 is 0 Å². The molecule has 0 heterocycles. The van der Waals surface area contributed by atoms with Gasteiger partial charge in [-0.3, -0.25) is 0 Å². The Morgan fingerprint density at radius 1 is 1.44 bits per heavy atom. The molecule has 0 aliphatic carbocycles. The zero-order chi connectivity index (χ0) is 7.11. The van der Waals surface area contributed by atoms with Crippen LogP contribution in [0.5, 0.6) is 0 Å². The third-order valence-corrected chi connectivity index (χ3v) is 2.57. The smallest absolute Gasteiger partial charge is 0.0127 e. The maximum Gasteiger partial charge on any atom is 0.0127 e. The summed E-state index contributed by atoms with van der Waals surface area (Å²) in [5.41, 5.74) is 5.69. The quantitative estimate of drug-likeness (QED) is 0.601. The highest BCUT2D eigenvalue weighted by Crippen LogP contribution is 2.04. The molecule has 2 heteroatoms. The average molecular weight is 147 g/mol. The van der Waals surface area contributed by atoms with E-state index in [1.165, 1.54) is 12.2 Å². The number of thioether (sulfide) groups is 1. The Bertz CT molecular complexity index is 56.9. The second-order valence-corrected chi connectivity index (χ2v) is 3.39. The topological polar surface area (TPSA) is 26.0 Å². The molecule has 9 heavy (non-hydrogen) atoms. The molecule has 0 unspecified atom stereocenters. The molecule has 0 amide bonds. The molecule has 0 aliphatic heterocycles. The van der Waals surface area contributed by atoms with E-state index in [0.717, 1.165) is 12.2 Å². The molecular weight excluding hydrogens is 130 g/mol. The monoisotopic (exact) mass is 147 g/mol. The van der Waals surface area contributed by atoms with Crippen LogP contribution in [0.25, 0.3) is 0 Å². The third kappa shape index (κ3) is 6.19. The second-order valence-electron chi connectivity index (χ2n) is 2.24. The van der Waals surface area contributed by atoms with E-state index in [-0.39, 0.29) is 0 Å². The summed E-state index contributed by atoms with van der Waals surface area (Å²) in [4.78, 5) is 0. The van der Waals surface area contributed by atoms with Gasteiger partial charge in [-0.1, -0.05) is 13.8 Å². The Hall–Kier alpha value is 0.310. The normalized spacial score (nSPS) is 13.7. The summed E-state index contributed by atoms with van der Waals surface area (Å²) in [6.45, 7) is 4.33. The molecular formula is C7H17NS. The van der Waals surface area contributed by atoms with Gasteiger partial charge in [0, 0.05) is 11.8 Å². The highest BCUT2D eigenvalue weighted by Gasteiger charge is 1.96. The van der Waals surface area contributed by atoms with Gasteiger partial charge in [-0.2, -0.15) is 11.8 Å². The van der Waals surface area contributed by atoms with Crippen molar-refractivity contribution in [1.82, 2.24) is 0 Å². The van der Waals surface area contributed by atoms with Gasteiger partial charge in [0.05, 0.1) is 0 Å². The summed E-state index contributed by atoms with van der Waals surface area (Å²) in [5, 5.41) is 0. The summed E-state index contributed by atoms with van der Waals surface area (Å²) in [6.07, 6.45) is 2.37. The van der Waals surface area contributed by atoms with Gasteiger partial charge in [-0.25, -0.2) is 0 Å². The van der Waals surface area contributed by atoms with Gasteiger partial charge in [0.15, 0.2) is 0 Å². The van der Waals surface area contributed by atoms with E-state index in [1.54, 1.807) is 0 Å². The molecule has 0 saturated heterocycles. The summed E-state index contributed by atoms with van der Waals surface area (Å²) < 4.78 is 0. The Labute approximate surface area is 62.4 Å². The minimum atomic E-state index is 0.418. The first-order valence-corrected chi connectivity index (χ1v) is 4.80. The summed E-state index contributed by atoms with van der Waals surface area (Å²) in [6, 6.07) is 0.418. The lowest BCUT2D eigenvalue weighted by atomic mass is 10.3. The van der Waals surface area contributed by atoms with E-state index in [2.05, 4.69) is 13.8 Å². The van der Waals surface area contributed by atoms with Crippen molar-refractivity contribution in [2.45, 2.75) is 32.7 Å². The van der Waals surface area contributed by atoms with Crippen molar-refractivity contribution in [3.8, 4) is 0 Å². The van der Waals surface area contributed by atoms with E-state index in [1.807, 2.05) is 11.8 Å². The Balaban J connectivity index is 2.88. The molecule has 0 spiro atoms. The highest BCUT2D eigenvalue weighted by atomic mass is 32.2. The Kier molecular flexibility index (Phi) is 6.65. The van der Waals surface area contributed by atoms with E-state index >= 15 is 0 Å². The highest BCUT2D eigenvalue weighted by molar-refractivity contribution is 7.99. The first-order valence-electron chi connectivity index (χ1n) is 3.64. The van der Waals surface area contributed by atoms with Crippen molar-refractivity contribution in [2.24, 2.45) is 5.73 Å². The van der Waals surface area contributed by atoms with Crippen LogP contribution in [0.3, 0.4) is 0 Å². The molecule has 0 fully saturated rings. The van der Waals surface area contributed by atoms with Gasteiger partial charge in [-0.05, 0) is 18.6 Å². The van der Waals surface area contributed by atoms with Crippen molar-refractivity contribution in [1.29, 1.82) is 0 Å². The van der Waals surface area contributed by atoms with Crippen molar-refractivity contribution in [2.75, 3.05) is 11.5 Å². The van der Waals surface area contributed by atoms with E-state index < -0.39 is 0 Å². The van der Waals surface area contributed by atoms with Crippen molar-refractivity contribution in [3.05, 3.63) is 0 Å². The van der Waals surface area contributed by atoms with Crippen molar-refractivity contribution in [3.63, 3.8) is 0 Å². The number of rotatable bonds is 5. The molecule has 1 atom stereocenters. The minimum absolute atomic E-state index is 0.418. The van der Waals surface area contributed by atoms with Gasteiger partial charge in [0.25, 0.3) is 0 Å². The van der Waals surface area contributed by atoms with Crippen LogP contribution in [-0.2, 0) is 0 Å². The van der Waals surface area contributed by atoms with Gasteiger partial charge in [-0.15, -0.1) is 0 Å². The van der Waals surface area contributed by atoms with Gasteiger partial charge in [0.1, 0.15) is 0 Å². The largest absolute Gasteiger partial charge is 0.327 e. The van der Waals surface area contributed by atoms with Gasteiger partial charge in [0.2, 0.25) is 0 Å². The van der Waals surface area contributed by atoms with E-state index in [9.17, 15) is 0 Å². The first kappa shape index (κ1) is 9.31. The van der Waals surface area contributed by atoms with Crippen LogP contribution in [0.2, 0.25) is 0 Å². The zero-order valence-corrected chi connectivity index (χ0v) is 7.21. The van der Waals surface area contributed by atoms with Crippen LogP contribution in [0, 0.1) is 0 Å². The van der Waals surface area contributed by atoms with Crippen LogP contribution >= 0.6 is 11.8 Å². The summed E-state index contributed by atoms with van der Waals surface area (Å²) in [5.74, 6) is 2.39. The second kappa shape index (κ2) is 6.43. The Morgan fingerprint density at radius 2 is 2.11 bits per heavy atom. The molecule has 56 valence electrons. The zero-order valence-electron chi connectivity index (χ0n) is 6.39. The maximum absolute atomic E-state index is 5.69. The lowest BCUT2D eigenvalue weighted by molar-refractivity contribution is 0.724. The lowest BCUT2D eigenvalue weighted by Crippen LogP contribution is -2.21. The molecule has 0 aromatic rings. The number of nitrogens with two attached hydrogens (primary N) is 1.